The van der Waals surface area contributed by atoms with Gasteiger partial charge in [0, 0.05) is 0 Å². The van der Waals surface area contributed by atoms with E-state index in [4.69, 9.17) is 0 Å². The lowest BCUT2D eigenvalue weighted by atomic mass is 10.0. The Morgan fingerprint density at radius 3 is 1.54 bits per heavy atom. The maximum Gasteiger partial charge on any atom is 0.222 e. The second-order valence-corrected chi connectivity index (χ2v) is 11.8. The third-order valence-electron chi connectivity index (χ3n) is 7.83. The zero-order valence-corrected chi connectivity index (χ0v) is 26.0. The Kier molecular flexibility index (Phi) is 29.4. The highest BCUT2D eigenvalue weighted by molar-refractivity contribution is 5.76. The van der Waals surface area contributed by atoms with E-state index in [1.807, 2.05) is 6.08 Å². The summed E-state index contributed by atoms with van der Waals surface area (Å²) in [6.07, 6.45) is 31.8. The minimum Gasteiger partial charge on any atom is -0.394 e. The summed E-state index contributed by atoms with van der Waals surface area (Å²) < 4.78 is 0. The molecule has 4 N–H and O–H groups in total. The molecule has 0 aromatic carbocycles. The molecular formula is C34H67NO4. The van der Waals surface area contributed by atoms with Crippen molar-refractivity contribution in [1.29, 1.82) is 0 Å². The number of nitrogens with one attached hydrogen (secondary N) is 1. The number of hydrogen-bond acceptors (Lipinski definition) is 4. The Morgan fingerprint density at radius 2 is 1.08 bits per heavy atom. The molecule has 0 saturated carbocycles. The maximum atomic E-state index is 12.2. The fourth-order valence-electron chi connectivity index (χ4n) is 5.17. The number of aliphatic hydroxyl groups is 3. The van der Waals surface area contributed by atoms with Gasteiger partial charge in [0.1, 0.15) is 0 Å². The third-order valence-corrected chi connectivity index (χ3v) is 7.83. The monoisotopic (exact) mass is 554 g/mol. The van der Waals surface area contributed by atoms with Gasteiger partial charge in [-0.15, -0.1) is 0 Å². The zero-order valence-electron chi connectivity index (χ0n) is 26.0. The molecule has 0 fully saturated rings. The summed E-state index contributed by atoms with van der Waals surface area (Å²) >= 11 is 0. The van der Waals surface area contributed by atoms with Crippen molar-refractivity contribution in [3.05, 3.63) is 12.2 Å². The molecule has 3 unspecified atom stereocenters. The average Bonchev–Trinajstić information content (AvgIpc) is 2.92. The molecule has 0 aromatic rings. The summed E-state index contributed by atoms with van der Waals surface area (Å²) in [7, 11) is 0. The summed E-state index contributed by atoms with van der Waals surface area (Å²) in [4.78, 5) is 12.2. The van der Waals surface area contributed by atoms with Crippen LogP contribution in [-0.2, 0) is 4.79 Å². The van der Waals surface area contributed by atoms with E-state index in [1.165, 1.54) is 116 Å². The van der Waals surface area contributed by atoms with E-state index < -0.39 is 18.2 Å². The van der Waals surface area contributed by atoms with Crippen LogP contribution in [-0.4, -0.2) is 46.1 Å². The van der Waals surface area contributed by atoms with Crippen molar-refractivity contribution >= 4 is 5.91 Å². The molecule has 0 heterocycles. The number of amides is 1. The fraction of sp³-hybridized carbons (Fsp3) is 0.912. The molecule has 0 aliphatic heterocycles. The minimum absolute atomic E-state index is 0.0114. The summed E-state index contributed by atoms with van der Waals surface area (Å²) in [6, 6.07) is -0.667. The lowest BCUT2D eigenvalue weighted by molar-refractivity contribution is -0.125. The van der Waals surface area contributed by atoms with Crippen molar-refractivity contribution in [2.24, 2.45) is 0 Å². The van der Waals surface area contributed by atoms with E-state index in [0.29, 0.717) is 12.8 Å². The largest absolute Gasteiger partial charge is 0.394 e. The van der Waals surface area contributed by atoms with Gasteiger partial charge < -0.3 is 20.6 Å². The van der Waals surface area contributed by atoms with Gasteiger partial charge in [-0.25, -0.2) is 0 Å². The molecule has 5 heteroatoms. The van der Waals surface area contributed by atoms with E-state index in [-0.39, 0.29) is 18.9 Å². The summed E-state index contributed by atoms with van der Waals surface area (Å²) in [5.41, 5.74) is 0. The highest BCUT2D eigenvalue weighted by Crippen LogP contribution is 2.15. The van der Waals surface area contributed by atoms with Gasteiger partial charge in [0.2, 0.25) is 5.91 Å². The van der Waals surface area contributed by atoms with Gasteiger partial charge in [-0.1, -0.05) is 154 Å². The third kappa shape index (κ3) is 27.0. The van der Waals surface area contributed by atoms with Crippen LogP contribution in [0.2, 0.25) is 0 Å². The standard InChI is InChI=1S/C34H67NO4/c1-3-5-7-9-11-12-13-14-15-16-17-18-19-20-22-24-26-28-33(38)32(30-36)35-34(39)29-31(37)27-25-23-21-10-8-6-4-2/h23,25,31-33,36-38H,3-22,24,26-30H2,1-2H3,(H,35,39)/b25-23-. The van der Waals surface area contributed by atoms with Crippen molar-refractivity contribution in [2.75, 3.05) is 6.61 Å². The van der Waals surface area contributed by atoms with E-state index >= 15 is 0 Å². The lowest BCUT2D eigenvalue weighted by Crippen LogP contribution is -2.46. The van der Waals surface area contributed by atoms with Gasteiger partial charge >= 0.3 is 0 Å². The first-order chi connectivity index (χ1) is 19.0. The first-order valence-corrected chi connectivity index (χ1v) is 17.0. The molecule has 0 bridgehead atoms. The van der Waals surface area contributed by atoms with Gasteiger partial charge in [-0.05, 0) is 25.7 Å². The molecule has 0 saturated heterocycles. The van der Waals surface area contributed by atoms with Crippen LogP contribution in [0.1, 0.15) is 174 Å². The Labute approximate surface area is 242 Å². The number of unbranched alkanes of at least 4 members (excludes halogenated alkanes) is 20. The number of hydrogen-bond donors (Lipinski definition) is 4. The smallest absolute Gasteiger partial charge is 0.222 e. The Bertz CT molecular complexity index is 539. The molecule has 1 amide bonds. The molecule has 232 valence electrons. The Morgan fingerprint density at radius 1 is 0.641 bits per heavy atom. The first-order valence-electron chi connectivity index (χ1n) is 17.0. The van der Waals surface area contributed by atoms with Crippen molar-refractivity contribution in [3.8, 4) is 0 Å². The average molecular weight is 554 g/mol. The van der Waals surface area contributed by atoms with Gasteiger partial charge in [0.05, 0.1) is 31.3 Å². The quantitative estimate of drug-likeness (QED) is 0.0530. The Balaban J connectivity index is 3.67. The van der Waals surface area contributed by atoms with E-state index in [1.54, 1.807) is 0 Å². The molecule has 0 spiro atoms. The molecule has 3 atom stereocenters. The van der Waals surface area contributed by atoms with Crippen LogP contribution in [0.4, 0.5) is 0 Å². The van der Waals surface area contributed by atoms with Gasteiger partial charge in [-0.3, -0.25) is 4.79 Å². The second kappa shape index (κ2) is 30.1. The molecule has 0 radical (unpaired) electrons. The lowest BCUT2D eigenvalue weighted by Gasteiger charge is -2.23. The molecule has 0 rings (SSSR count). The van der Waals surface area contributed by atoms with Crippen molar-refractivity contribution < 1.29 is 20.1 Å². The van der Waals surface area contributed by atoms with E-state index in [9.17, 15) is 20.1 Å². The number of allylic oxidation sites excluding steroid dienone is 1. The minimum atomic E-state index is -0.754. The van der Waals surface area contributed by atoms with Crippen LogP contribution in [0.3, 0.4) is 0 Å². The highest BCUT2D eigenvalue weighted by atomic mass is 16.3. The van der Waals surface area contributed by atoms with Crippen LogP contribution >= 0.6 is 0 Å². The number of rotatable bonds is 30. The number of aliphatic hydroxyl groups excluding tert-OH is 3. The van der Waals surface area contributed by atoms with Crippen LogP contribution in [0.15, 0.2) is 12.2 Å². The predicted octanol–water partition coefficient (Wildman–Crippen LogP) is 8.53. The second-order valence-electron chi connectivity index (χ2n) is 11.8. The summed E-state index contributed by atoms with van der Waals surface area (Å²) in [6.45, 7) is 4.18. The highest BCUT2D eigenvalue weighted by Gasteiger charge is 2.21. The molecule has 39 heavy (non-hydrogen) atoms. The normalized spacial score (nSPS) is 14.1. The van der Waals surface area contributed by atoms with Crippen molar-refractivity contribution in [1.82, 2.24) is 5.32 Å². The van der Waals surface area contributed by atoms with Crippen LogP contribution < -0.4 is 5.32 Å². The maximum absolute atomic E-state index is 12.2. The van der Waals surface area contributed by atoms with Crippen LogP contribution in [0.5, 0.6) is 0 Å². The summed E-state index contributed by atoms with van der Waals surface area (Å²) in [5, 5.41) is 32.9. The molecule has 0 aliphatic carbocycles. The molecule has 5 nitrogen and oxygen atoms in total. The van der Waals surface area contributed by atoms with Crippen LogP contribution in [0.25, 0.3) is 0 Å². The van der Waals surface area contributed by atoms with E-state index in [0.717, 1.165) is 25.7 Å². The van der Waals surface area contributed by atoms with Crippen molar-refractivity contribution in [3.63, 3.8) is 0 Å². The SMILES string of the molecule is CCCCCC/C=C\CC(O)CC(=O)NC(CO)C(O)CCCCCCCCCCCCCCCCCCC. The predicted molar refractivity (Wildman–Crippen MR) is 167 cm³/mol. The van der Waals surface area contributed by atoms with Gasteiger partial charge in [0.15, 0.2) is 0 Å². The van der Waals surface area contributed by atoms with Gasteiger partial charge in [-0.2, -0.15) is 0 Å². The zero-order chi connectivity index (χ0) is 28.8. The topological polar surface area (TPSA) is 89.8 Å². The van der Waals surface area contributed by atoms with E-state index in [2.05, 4.69) is 25.2 Å². The molecule has 0 aliphatic rings. The summed E-state index contributed by atoms with van der Waals surface area (Å²) in [5.74, 6) is -0.320. The van der Waals surface area contributed by atoms with Crippen molar-refractivity contribution in [2.45, 2.75) is 193 Å². The van der Waals surface area contributed by atoms with Crippen LogP contribution in [0, 0.1) is 0 Å². The fourth-order valence-corrected chi connectivity index (χ4v) is 5.17. The Hall–Kier alpha value is -0.910. The van der Waals surface area contributed by atoms with Gasteiger partial charge in [0.25, 0.3) is 0 Å². The number of carbonyl (C=O) groups excluding carboxylic acids is 1. The molecular weight excluding hydrogens is 486 g/mol. The number of carbonyl (C=O) groups is 1. The molecule has 0 aromatic heterocycles. The first kappa shape index (κ1) is 38.1.